The van der Waals surface area contributed by atoms with Gasteiger partial charge < -0.3 is 25.0 Å². The number of aromatic nitrogens is 2. The van der Waals surface area contributed by atoms with Crippen LogP contribution in [0.3, 0.4) is 0 Å². The number of unbranched alkanes of at least 4 members (excludes halogenated alkanes) is 2. The Morgan fingerprint density at radius 3 is 2.46 bits per heavy atom. The van der Waals surface area contributed by atoms with Gasteiger partial charge in [-0.25, -0.2) is 4.98 Å². The molecule has 3 rings (SSSR count). The summed E-state index contributed by atoms with van der Waals surface area (Å²) in [6.45, 7) is 5.27. The van der Waals surface area contributed by atoms with Crippen LogP contribution in [0, 0.1) is 0 Å². The van der Waals surface area contributed by atoms with Crippen LogP contribution in [0.4, 0.5) is 11.8 Å². The van der Waals surface area contributed by atoms with Crippen molar-refractivity contribution < 1.29 is 9.47 Å². The van der Waals surface area contributed by atoms with Crippen molar-refractivity contribution in [2.45, 2.75) is 45.1 Å². The Morgan fingerprint density at radius 1 is 1.07 bits per heavy atom. The summed E-state index contributed by atoms with van der Waals surface area (Å²) in [5.74, 6) is 2.88. The highest BCUT2D eigenvalue weighted by Gasteiger charge is 2.19. The van der Waals surface area contributed by atoms with Crippen LogP contribution in [0.25, 0.3) is 10.9 Å². The molecule has 0 radical (unpaired) electrons. The fourth-order valence-electron chi connectivity index (χ4n) is 3.57. The van der Waals surface area contributed by atoms with E-state index in [2.05, 4.69) is 29.5 Å². The molecule has 28 heavy (non-hydrogen) atoms. The molecule has 0 unspecified atom stereocenters. The number of benzene rings is 1. The van der Waals surface area contributed by atoms with Gasteiger partial charge in [0.2, 0.25) is 5.95 Å². The second-order valence-corrected chi connectivity index (χ2v) is 7.48. The fourth-order valence-corrected chi connectivity index (χ4v) is 3.57. The van der Waals surface area contributed by atoms with Crippen molar-refractivity contribution in [3.05, 3.63) is 12.1 Å². The zero-order valence-electron chi connectivity index (χ0n) is 17.5. The number of likely N-dealkylation sites (tertiary alicyclic amines) is 1. The Bertz CT molecular complexity index is 775. The van der Waals surface area contributed by atoms with E-state index in [1.165, 1.54) is 12.8 Å². The summed E-state index contributed by atoms with van der Waals surface area (Å²) in [6.07, 6.45) is 5.72. The van der Waals surface area contributed by atoms with Crippen LogP contribution < -0.4 is 20.1 Å². The Hall–Kier alpha value is -2.28. The maximum absolute atomic E-state index is 5.49. The summed E-state index contributed by atoms with van der Waals surface area (Å²) >= 11 is 0. The van der Waals surface area contributed by atoms with Crippen molar-refractivity contribution in [2.24, 2.45) is 0 Å². The first-order chi connectivity index (χ1) is 13.6. The molecule has 2 N–H and O–H groups in total. The topological polar surface area (TPSA) is 71.5 Å². The summed E-state index contributed by atoms with van der Waals surface area (Å²) < 4.78 is 11.0. The van der Waals surface area contributed by atoms with Crippen LogP contribution in [0.1, 0.15) is 39.0 Å². The van der Waals surface area contributed by atoms with E-state index in [4.69, 9.17) is 19.4 Å². The van der Waals surface area contributed by atoms with Crippen molar-refractivity contribution >= 4 is 22.7 Å². The van der Waals surface area contributed by atoms with Gasteiger partial charge in [0.25, 0.3) is 0 Å². The number of ether oxygens (including phenoxy) is 2. The van der Waals surface area contributed by atoms with Gasteiger partial charge in [0.05, 0.1) is 19.7 Å². The molecule has 154 valence electrons. The summed E-state index contributed by atoms with van der Waals surface area (Å²) in [7, 11) is 5.47. The highest BCUT2D eigenvalue weighted by molar-refractivity contribution is 5.92. The molecule has 7 heteroatoms. The first kappa shape index (κ1) is 20.5. The van der Waals surface area contributed by atoms with Gasteiger partial charge in [-0.15, -0.1) is 0 Å². The van der Waals surface area contributed by atoms with E-state index in [-0.39, 0.29) is 0 Å². The van der Waals surface area contributed by atoms with Crippen molar-refractivity contribution in [1.82, 2.24) is 14.9 Å². The number of hydrogen-bond donors (Lipinski definition) is 2. The SMILES string of the molecule is CCCCCNc1nc(NC2CCN(C)CC2)c2cc(OC)c(OC)cc2n1. The molecular weight excluding hydrogens is 354 g/mol. The fraction of sp³-hybridized carbons (Fsp3) is 0.619. The number of piperidine rings is 1. The lowest BCUT2D eigenvalue weighted by molar-refractivity contribution is 0.264. The van der Waals surface area contributed by atoms with Crippen LogP contribution in [-0.2, 0) is 0 Å². The number of methoxy groups -OCH3 is 2. The summed E-state index contributed by atoms with van der Waals surface area (Å²) in [5.41, 5.74) is 0.848. The monoisotopic (exact) mass is 387 g/mol. The second-order valence-electron chi connectivity index (χ2n) is 7.48. The van der Waals surface area contributed by atoms with Crippen LogP contribution in [0.5, 0.6) is 11.5 Å². The average molecular weight is 388 g/mol. The van der Waals surface area contributed by atoms with E-state index in [9.17, 15) is 0 Å². The zero-order chi connectivity index (χ0) is 19.9. The molecule has 1 saturated heterocycles. The molecule has 0 bridgehead atoms. The predicted octanol–water partition coefficient (Wildman–Crippen LogP) is 3.76. The molecule has 0 spiro atoms. The van der Waals surface area contributed by atoms with Crippen LogP contribution in [0.15, 0.2) is 12.1 Å². The van der Waals surface area contributed by atoms with Gasteiger partial charge in [0.15, 0.2) is 11.5 Å². The van der Waals surface area contributed by atoms with Crippen molar-refractivity contribution in [3.8, 4) is 11.5 Å². The summed E-state index contributed by atoms with van der Waals surface area (Å²) in [5, 5.41) is 8.00. The molecule has 1 fully saturated rings. The molecule has 1 aliphatic heterocycles. The highest BCUT2D eigenvalue weighted by atomic mass is 16.5. The van der Waals surface area contributed by atoms with Crippen LogP contribution >= 0.6 is 0 Å². The molecular formula is C21H33N5O2. The lowest BCUT2D eigenvalue weighted by Crippen LogP contribution is -2.37. The highest BCUT2D eigenvalue weighted by Crippen LogP contribution is 2.35. The van der Waals surface area contributed by atoms with Gasteiger partial charge in [-0.05, 0) is 45.5 Å². The summed E-state index contributed by atoms with van der Waals surface area (Å²) in [4.78, 5) is 11.9. The minimum atomic E-state index is 0.412. The Labute approximate surface area is 167 Å². The molecule has 0 aliphatic carbocycles. The van der Waals surface area contributed by atoms with Crippen LogP contribution in [0.2, 0.25) is 0 Å². The quantitative estimate of drug-likeness (QED) is 0.635. The molecule has 2 aromatic rings. The van der Waals surface area contributed by atoms with Gasteiger partial charge in [-0.1, -0.05) is 19.8 Å². The molecule has 0 saturated carbocycles. The van der Waals surface area contributed by atoms with Gasteiger partial charge in [-0.2, -0.15) is 4.98 Å². The lowest BCUT2D eigenvalue weighted by atomic mass is 10.1. The molecule has 7 nitrogen and oxygen atoms in total. The third-order valence-corrected chi connectivity index (χ3v) is 5.32. The third-order valence-electron chi connectivity index (χ3n) is 5.32. The van der Waals surface area contributed by atoms with E-state index in [0.717, 1.165) is 55.6 Å². The average Bonchev–Trinajstić information content (AvgIpc) is 2.72. The molecule has 1 aliphatic rings. The Morgan fingerprint density at radius 2 is 1.79 bits per heavy atom. The van der Waals surface area contributed by atoms with Gasteiger partial charge in [-0.3, -0.25) is 0 Å². The van der Waals surface area contributed by atoms with Crippen molar-refractivity contribution in [1.29, 1.82) is 0 Å². The number of nitrogens with zero attached hydrogens (tertiary/aromatic N) is 3. The Kier molecular flexibility index (Phi) is 7.14. The third kappa shape index (κ3) is 4.95. The number of anilines is 2. The van der Waals surface area contributed by atoms with E-state index in [1.807, 2.05) is 12.1 Å². The largest absolute Gasteiger partial charge is 0.493 e. The van der Waals surface area contributed by atoms with E-state index >= 15 is 0 Å². The van der Waals surface area contributed by atoms with Gasteiger partial charge in [0, 0.05) is 24.0 Å². The Balaban J connectivity index is 1.91. The minimum Gasteiger partial charge on any atom is -0.493 e. The number of fused-ring (bicyclic) bond motifs is 1. The zero-order valence-corrected chi connectivity index (χ0v) is 17.5. The normalized spacial score (nSPS) is 15.6. The molecule has 2 heterocycles. The minimum absolute atomic E-state index is 0.412. The van der Waals surface area contributed by atoms with E-state index < -0.39 is 0 Å². The molecule has 1 aromatic heterocycles. The lowest BCUT2D eigenvalue weighted by Gasteiger charge is -2.30. The van der Waals surface area contributed by atoms with Crippen molar-refractivity contribution in [2.75, 3.05) is 51.5 Å². The second kappa shape index (κ2) is 9.78. The standard InChI is InChI=1S/C21H33N5O2/c1-5-6-7-10-22-21-24-17-14-19(28-4)18(27-3)13-16(17)20(25-21)23-15-8-11-26(2)12-9-15/h13-15H,5-12H2,1-4H3,(H2,22,23,24,25). The molecule has 1 aromatic carbocycles. The summed E-state index contributed by atoms with van der Waals surface area (Å²) in [6, 6.07) is 4.30. The maximum atomic E-state index is 5.49. The van der Waals surface area contributed by atoms with Gasteiger partial charge >= 0.3 is 0 Å². The number of nitrogens with one attached hydrogen (secondary N) is 2. The van der Waals surface area contributed by atoms with Crippen LogP contribution in [-0.4, -0.2) is 61.8 Å². The number of hydrogen-bond acceptors (Lipinski definition) is 7. The maximum Gasteiger partial charge on any atom is 0.225 e. The van der Waals surface area contributed by atoms with Crippen molar-refractivity contribution in [3.63, 3.8) is 0 Å². The first-order valence-corrected chi connectivity index (χ1v) is 10.3. The number of rotatable bonds is 9. The van der Waals surface area contributed by atoms with E-state index in [0.29, 0.717) is 23.5 Å². The molecule has 0 atom stereocenters. The first-order valence-electron chi connectivity index (χ1n) is 10.3. The van der Waals surface area contributed by atoms with E-state index in [1.54, 1.807) is 14.2 Å². The smallest absolute Gasteiger partial charge is 0.225 e. The molecule has 0 amide bonds. The van der Waals surface area contributed by atoms with Gasteiger partial charge in [0.1, 0.15) is 5.82 Å². The predicted molar refractivity (Wildman–Crippen MR) is 115 cm³/mol.